The molecule has 15 heteroatoms. The first-order valence-electron chi connectivity index (χ1n) is 13.5. The average Bonchev–Trinajstić information content (AvgIpc) is 3.71. The van der Waals surface area contributed by atoms with E-state index in [0.717, 1.165) is 0 Å². The molecule has 15 nitrogen and oxygen atoms in total. The quantitative estimate of drug-likeness (QED) is 0.0480. The van der Waals surface area contributed by atoms with Crippen molar-refractivity contribution in [2.45, 2.75) is 85.4 Å². The highest BCUT2D eigenvalue weighted by molar-refractivity contribution is 5.23. The van der Waals surface area contributed by atoms with Crippen LogP contribution in [0.15, 0.2) is 5.11 Å². The van der Waals surface area contributed by atoms with Crippen LogP contribution in [0.3, 0.4) is 0 Å². The third-order valence-corrected chi connectivity index (χ3v) is 7.90. The first-order chi connectivity index (χ1) is 18.8. The summed E-state index contributed by atoms with van der Waals surface area (Å²) >= 11 is 0. The van der Waals surface area contributed by atoms with E-state index in [0.29, 0.717) is 33.0 Å². The van der Waals surface area contributed by atoms with Gasteiger partial charge < -0.3 is 58.3 Å². The van der Waals surface area contributed by atoms with Gasteiger partial charge in [-0.05, 0) is 5.53 Å². The Balaban J connectivity index is 1.30. The van der Waals surface area contributed by atoms with Crippen LogP contribution >= 0.6 is 0 Å². The average molecular weight is 562 g/mol. The van der Waals surface area contributed by atoms with Crippen LogP contribution in [0.25, 0.3) is 10.4 Å². The number of epoxide rings is 4. The fourth-order valence-electron chi connectivity index (χ4n) is 5.52. The molecule has 222 valence electrons. The van der Waals surface area contributed by atoms with Crippen molar-refractivity contribution in [3.63, 3.8) is 0 Å². The zero-order valence-corrected chi connectivity index (χ0v) is 21.8. The van der Waals surface area contributed by atoms with Crippen molar-refractivity contribution in [2.24, 2.45) is 5.11 Å². The van der Waals surface area contributed by atoms with Gasteiger partial charge in [0.2, 0.25) is 0 Å². The molecule has 0 saturated carbocycles. The summed E-state index contributed by atoms with van der Waals surface area (Å²) in [5, 5.41) is 51.4. The third-order valence-electron chi connectivity index (χ3n) is 7.90. The Labute approximate surface area is 225 Å². The number of aliphatic hydroxyl groups is 4. The number of nitrogens with zero attached hydrogens (tertiary/aromatic N) is 3. The second-order valence-electron chi connectivity index (χ2n) is 10.9. The fraction of sp³-hybridized carbons (Fsp3) is 1.00. The lowest BCUT2D eigenvalue weighted by atomic mass is 9.59. The third kappa shape index (κ3) is 7.01. The molecule has 10 atom stereocenters. The molecule has 5 aliphatic heterocycles. The van der Waals surface area contributed by atoms with E-state index in [1.165, 1.54) is 0 Å². The summed E-state index contributed by atoms with van der Waals surface area (Å²) < 4.78 is 44.4. The molecule has 39 heavy (non-hydrogen) atoms. The summed E-state index contributed by atoms with van der Waals surface area (Å²) in [6.45, 7) is 2.84. The van der Waals surface area contributed by atoms with Crippen LogP contribution in [0.2, 0.25) is 0 Å². The summed E-state index contributed by atoms with van der Waals surface area (Å²) in [5.74, 6) is 0. The van der Waals surface area contributed by atoms with Gasteiger partial charge >= 0.3 is 0 Å². The minimum absolute atomic E-state index is 0.00799. The highest BCUT2D eigenvalue weighted by Gasteiger charge is 2.75. The molecule has 5 fully saturated rings. The lowest BCUT2D eigenvalue weighted by Crippen LogP contribution is -2.82. The van der Waals surface area contributed by atoms with Crippen molar-refractivity contribution in [1.29, 1.82) is 0 Å². The molecule has 0 aromatic carbocycles. The maximum Gasteiger partial charge on any atom is 0.190 e. The van der Waals surface area contributed by atoms with Crippen LogP contribution < -0.4 is 0 Å². The molecule has 0 amide bonds. The van der Waals surface area contributed by atoms with E-state index < -0.39 is 35.3 Å². The van der Waals surface area contributed by atoms with Gasteiger partial charge in [0.15, 0.2) is 6.29 Å². The number of hydrogen-bond donors (Lipinski definition) is 4. The molecule has 0 spiro atoms. The maximum atomic E-state index is 12.4. The Morgan fingerprint density at radius 3 is 1.92 bits per heavy atom. The van der Waals surface area contributed by atoms with Crippen LogP contribution in [0.4, 0.5) is 0 Å². The van der Waals surface area contributed by atoms with Crippen LogP contribution in [0.1, 0.15) is 25.7 Å². The molecule has 4 N–H and O–H groups in total. The number of azide groups is 1. The Hall–Kier alpha value is -1.17. The van der Waals surface area contributed by atoms with E-state index in [1.54, 1.807) is 0 Å². The van der Waals surface area contributed by atoms with Gasteiger partial charge in [0.05, 0.1) is 90.0 Å². The van der Waals surface area contributed by atoms with E-state index in [2.05, 4.69) is 10.0 Å². The normalized spacial score (nSPS) is 43.0. The van der Waals surface area contributed by atoms with Gasteiger partial charge in [-0.2, -0.15) is 0 Å². The minimum atomic E-state index is -2.18. The number of ether oxygens (including phenoxy) is 8. The van der Waals surface area contributed by atoms with Crippen molar-refractivity contribution >= 4 is 0 Å². The van der Waals surface area contributed by atoms with Gasteiger partial charge in [-0.1, -0.05) is 5.11 Å². The van der Waals surface area contributed by atoms with Gasteiger partial charge in [0, 0.05) is 37.1 Å². The number of rotatable bonds is 19. The molecule has 0 aliphatic carbocycles. The summed E-state index contributed by atoms with van der Waals surface area (Å²) in [7, 11) is 0. The molecule has 0 radical (unpaired) electrons. The summed E-state index contributed by atoms with van der Waals surface area (Å²) in [4.78, 5) is 2.65. The Morgan fingerprint density at radius 2 is 1.33 bits per heavy atom. The minimum Gasteiger partial charge on any atom is -0.390 e. The SMILES string of the molecule is [N-]=[N+]=NCCOCCOCCO[C@H]1O[C@H](C(O)CC2CO2)[C@](O)(CC2CO2)[C@@](O)(CC2CO2)[C@]1(O)CC1CO1. The molecular weight excluding hydrogens is 522 g/mol. The van der Waals surface area contributed by atoms with Gasteiger partial charge in [-0.25, -0.2) is 0 Å². The van der Waals surface area contributed by atoms with Crippen LogP contribution in [-0.2, 0) is 37.9 Å². The Kier molecular flexibility index (Phi) is 9.30. The number of hydrogen-bond acceptors (Lipinski definition) is 13. The van der Waals surface area contributed by atoms with Crippen molar-refractivity contribution in [3.05, 3.63) is 10.4 Å². The second kappa shape index (κ2) is 12.4. The summed E-state index contributed by atoms with van der Waals surface area (Å²) in [6.07, 6.45) is -5.17. The predicted octanol–water partition coefficient (Wildman–Crippen LogP) is -1.22. The first-order valence-corrected chi connectivity index (χ1v) is 13.5. The van der Waals surface area contributed by atoms with E-state index in [-0.39, 0.29) is 83.1 Å². The topological polar surface area (TPSA) is 217 Å². The molecule has 5 rings (SSSR count). The zero-order chi connectivity index (χ0) is 27.5. The fourth-order valence-corrected chi connectivity index (χ4v) is 5.52. The van der Waals surface area contributed by atoms with E-state index in [4.69, 9.17) is 43.4 Å². The molecule has 0 aromatic rings. The molecular formula is C24H39N3O12. The molecule has 0 aromatic heterocycles. The Bertz CT molecular complexity index is 865. The van der Waals surface area contributed by atoms with Crippen molar-refractivity contribution < 1.29 is 58.3 Å². The summed E-state index contributed by atoms with van der Waals surface area (Å²) in [6, 6.07) is 0. The van der Waals surface area contributed by atoms with Gasteiger partial charge in [-0.3, -0.25) is 0 Å². The lowest BCUT2D eigenvalue weighted by Gasteiger charge is -2.61. The Morgan fingerprint density at radius 1 is 0.795 bits per heavy atom. The van der Waals surface area contributed by atoms with Crippen molar-refractivity contribution in [2.75, 3.05) is 66.0 Å². The van der Waals surface area contributed by atoms with Crippen molar-refractivity contribution in [1.82, 2.24) is 0 Å². The molecule has 5 aliphatic rings. The first kappa shape index (κ1) is 29.3. The molecule has 0 bridgehead atoms. The van der Waals surface area contributed by atoms with Crippen LogP contribution in [-0.4, -0.2) is 146 Å². The van der Waals surface area contributed by atoms with Crippen LogP contribution in [0, 0.1) is 0 Å². The van der Waals surface area contributed by atoms with E-state index in [9.17, 15) is 20.4 Å². The molecule has 5 saturated heterocycles. The van der Waals surface area contributed by atoms with Gasteiger partial charge in [-0.15, -0.1) is 0 Å². The standard InChI is InChI=1S/C24H39N3O12/c25-27-26-1-2-32-3-4-33-5-6-34-21-23(30,9-17-13-37-17)24(31,10-18-14-38-18)22(29,8-16-12-36-16)20(39-21)19(28)7-15-11-35-15/h15-21,28-31H,1-14H2/t15?,16?,17?,18?,19?,20-,21+,22-,23+,24+/m1/s1. The predicted molar refractivity (Wildman–Crippen MR) is 129 cm³/mol. The smallest absolute Gasteiger partial charge is 0.190 e. The van der Waals surface area contributed by atoms with Crippen LogP contribution in [0.5, 0.6) is 0 Å². The zero-order valence-electron chi connectivity index (χ0n) is 21.8. The van der Waals surface area contributed by atoms with Gasteiger partial charge in [0.25, 0.3) is 0 Å². The largest absolute Gasteiger partial charge is 0.390 e. The monoisotopic (exact) mass is 561 g/mol. The lowest BCUT2D eigenvalue weighted by molar-refractivity contribution is -0.414. The maximum absolute atomic E-state index is 12.4. The molecule has 5 heterocycles. The molecule has 5 unspecified atom stereocenters. The number of aliphatic hydroxyl groups excluding tert-OH is 1. The van der Waals surface area contributed by atoms with Gasteiger partial charge in [0.1, 0.15) is 22.9 Å². The van der Waals surface area contributed by atoms with E-state index in [1.807, 2.05) is 0 Å². The van der Waals surface area contributed by atoms with Crippen molar-refractivity contribution in [3.8, 4) is 0 Å². The second-order valence-corrected chi connectivity index (χ2v) is 10.9. The highest BCUT2D eigenvalue weighted by atomic mass is 16.7. The highest BCUT2D eigenvalue weighted by Crippen LogP contribution is 2.55. The van der Waals surface area contributed by atoms with E-state index >= 15 is 0 Å². The summed E-state index contributed by atoms with van der Waals surface area (Å²) in [5.41, 5.74) is 1.91.